The number of unbranched alkanes of at least 4 members (excludes halogenated alkanes) is 3. The summed E-state index contributed by atoms with van der Waals surface area (Å²) in [7, 11) is 0. The molecule has 0 fully saturated rings. The predicted octanol–water partition coefficient (Wildman–Crippen LogP) is 8.82. The first kappa shape index (κ1) is 24.9. The summed E-state index contributed by atoms with van der Waals surface area (Å²) in [5.74, 6) is 0.186. The quantitative estimate of drug-likeness (QED) is 0.149. The molecule has 0 spiro atoms. The third-order valence-electron chi connectivity index (χ3n) is 6.31. The van der Waals surface area contributed by atoms with E-state index in [-0.39, 0.29) is 5.78 Å². The maximum atomic E-state index is 12.6. The number of benzene rings is 2. The monoisotopic (exact) mass is 512 g/mol. The van der Waals surface area contributed by atoms with Crippen LogP contribution in [0.3, 0.4) is 0 Å². The van der Waals surface area contributed by atoms with Gasteiger partial charge in [-0.3, -0.25) is 0 Å². The first-order chi connectivity index (χ1) is 14.6. The maximum absolute atomic E-state index is 12.6. The van der Waals surface area contributed by atoms with Gasteiger partial charge >= 0.3 is 189 Å². The van der Waals surface area contributed by atoms with Crippen molar-refractivity contribution in [3.8, 4) is 0 Å². The van der Waals surface area contributed by atoms with Crippen molar-refractivity contribution in [2.75, 3.05) is 0 Å². The van der Waals surface area contributed by atoms with E-state index >= 15 is 0 Å². The van der Waals surface area contributed by atoms with Crippen LogP contribution in [0.4, 0.5) is 0 Å². The number of hydrogen-bond donors (Lipinski definition) is 0. The molecule has 0 saturated carbocycles. The molecule has 0 radical (unpaired) electrons. The van der Waals surface area contributed by atoms with E-state index < -0.39 is 18.4 Å². The Kier molecular flexibility index (Phi) is 10.9. The Balaban J connectivity index is 2.74. The second-order valence-electron chi connectivity index (χ2n) is 8.66. The molecule has 0 unspecified atom stereocenters. The number of carbonyl (C=O) groups is 1. The minimum atomic E-state index is -2.75. The molecule has 0 aliphatic heterocycles. The first-order valence-electron chi connectivity index (χ1n) is 12.0. The molecule has 0 amide bonds. The van der Waals surface area contributed by atoms with Crippen LogP contribution >= 0.6 is 0 Å². The Morgan fingerprint density at radius 2 is 1.20 bits per heavy atom. The Labute approximate surface area is 188 Å². The number of Topliss-reactive ketones (excluding diaryl/α,β-unsaturated/α-hetero) is 1. The zero-order valence-electron chi connectivity index (χ0n) is 19.5. The normalized spacial score (nSPS) is 12.2. The SMILES string of the molecule is CCC[CH2][Sn]([CH2]CCC)([CH2]CCC)/[C](=C\c1ccccc1)c1ccccc1C(C)=O. The van der Waals surface area contributed by atoms with E-state index in [2.05, 4.69) is 69.3 Å². The summed E-state index contributed by atoms with van der Waals surface area (Å²) in [5.41, 5.74) is 3.41. The van der Waals surface area contributed by atoms with Crippen molar-refractivity contribution >= 4 is 33.8 Å². The molecule has 0 saturated heterocycles. The van der Waals surface area contributed by atoms with Gasteiger partial charge in [0.25, 0.3) is 0 Å². The molecule has 162 valence electrons. The second kappa shape index (κ2) is 13.1. The van der Waals surface area contributed by atoms with Gasteiger partial charge in [0.1, 0.15) is 0 Å². The minimum absolute atomic E-state index is 0.186. The average molecular weight is 511 g/mol. The second-order valence-corrected chi connectivity index (χ2v) is 21.8. The van der Waals surface area contributed by atoms with E-state index in [4.69, 9.17) is 0 Å². The Hall–Kier alpha value is -1.35. The van der Waals surface area contributed by atoms with Crippen molar-refractivity contribution in [1.82, 2.24) is 0 Å². The molecule has 2 rings (SSSR count). The fraction of sp³-hybridized carbons (Fsp3) is 0.464. The van der Waals surface area contributed by atoms with Crippen LogP contribution in [0.15, 0.2) is 54.6 Å². The van der Waals surface area contributed by atoms with E-state index in [0.29, 0.717) is 0 Å². The third-order valence-corrected chi connectivity index (χ3v) is 22.0. The summed E-state index contributed by atoms with van der Waals surface area (Å²) in [6, 6.07) is 19.2. The van der Waals surface area contributed by atoms with E-state index in [1.165, 1.54) is 63.0 Å². The van der Waals surface area contributed by atoms with Crippen molar-refractivity contribution in [2.45, 2.75) is 79.5 Å². The molecule has 2 aromatic rings. The Bertz CT molecular complexity index is 785. The molecule has 0 bridgehead atoms. The zero-order chi connectivity index (χ0) is 21.8. The van der Waals surface area contributed by atoms with Gasteiger partial charge < -0.3 is 0 Å². The third kappa shape index (κ3) is 6.83. The van der Waals surface area contributed by atoms with Crippen molar-refractivity contribution in [1.29, 1.82) is 0 Å². The van der Waals surface area contributed by atoms with Crippen LogP contribution in [-0.4, -0.2) is 24.2 Å². The van der Waals surface area contributed by atoms with Crippen LogP contribution in [0.5, 0.6) is 0 Å². The van der Waals surface area contributed by atoms with Gasteiger partial charge in [-0.15, -0.1) is 0 Å². The molecule has 1 nitrogen and oxygen atoms in total. The van der Waals surface area contributed by atoms with Crippen LogP contribution < -0.4 is 0 Å². The summed E-state index contributed by atoms with van der Waals surface area (Å²) < 4.78 is 5.78. The van der Waals surface area contributed by atoms with E-state index in [1.54, 1.807) is 10.5 Å². The first-order valence-corrected chi connectivity index (χ1v) is 19.4. The van der Waals surface area contributed by atoms with E-state index in [9.17, 15) is 4.79 Å². The average Bonchev–Trinajstić information content (AvgIpc) is 2.78. The van der Waals surface area contributed by atoms with E-state index in [0.717, 1.165) is 5.56 Å². The fourth-order valence-corrected chi connectivity index (χ4v) is 21.5. The van der Waals surface area contributed by atoms with Crippen LogP contribution in [0, 0.1) is 0 Å². The van der Waals surface area contributed by atoms with Crippen LogP contribution in [0.1, 0.15) is 87.7 Å². The molecule has 0 heterocycles. The van der Waals surface area contributed by atoms with Gasteiger partial charge in [-0.05, 0) is 0 Å². The van der Waals surface area contributed by atoms with Gasteiger partial charge in [0.05, 0.1) is 0 Å². The number of ketones is 1. The molecule has 2 aromatic carbocycles. The summed E-state index contributed by atoms with van der Waals surface area (Å²) in [5, 5.41) is 0. The van der Waals surface area contributed by atoms with Gasteiger partial charge in [0, 0.05) is 0 Å². The zero-order valence-corrected chi connectivity index (χ0v) is 22.4. The van der Waals surface area contributed by atoms with E-state index in [1.807, 2.05) is 12.1 Å². The van der Waals surface area contributed by atoms with Gasteiger partial charge in [0.2, 0.25) is 0 Å². The molecule has 30 heavy (non-hydrogen) atoms. The molecule has 0 N–H and O–H groups in total. The van der Waals surface area contributed by atoms with Gasteiger partial charge in [-0.1, -0.05) is 0 Å². The summed E-state index contributed by atoms with van der Waals surface area (Å²) in [4.78, 5) is 12.6. The standard InChI is InChI=1S/C16H13O.3C4H9.Sn/c1-13(17)16-10-6-5-9-15(16)12-11-14-7-3-2-4-8-14;3*1-3-4-2;/h2-11H,1H3;3*1,3-4H2,2H3;. The van der Waals surface area contributed by atoms with Crippen LogP contribution in [-0.2, 0) is 0 Å². The summed E-state index contributed by atoms with van der Waals surface area (Å²) in [6.45, 7) is 8.68. The molecule has 2 heteroatoms. The molecular weight excluding hydrogens is 471 g/mol. The number of hydrogen-bond acceptors (Lipinski definition) is 1. The van der Waals surface area contributed by atoms with Crippen LogP contribution in [0.25, 0.3) is 9.67 Å². The predicted molar refractivity (Wildman–Crippen MR) is 136 cm³/mol. The number of rotatable bonds is 13. The summed E-state index contributed by atoms with van der Waals surface area (Å²) >= 11 is -2.75. The van der Waals surface area contributed by atoms with Gasteiger partial charge in [-0.25, -0.2) is 0 Å². The molecule has 0 aliphatic rings. The van der Waals surface area contributed by atoms with Gasteiger partial charge in [0.15, 0.2) is 0 Å². The van der Waals surface area contributed by atoms with Crippen molar-refractivity contribution in [3.05, 3.63) is 71.3 Å². The fourth-order valence-electron chi connectivity index (χ4n) is 4.58. The van der Waals surface area contributed by atoms with Crippen LogP contribution in [0.2, 0.25) is 13.3 Å². The van der Waals surface area contributed by atoms with Gasteiger partial charge in [-0.2, -0.15) is 0 Å². The molecule has 0 atom stereocenters. The Morgan fingerprint density at radius 3 is 1.67 bits per heavy atom. The molecule has 0 aliphatic carbocycles. The molecule has 0 aromatic heterocycles. The van der Waals surface area contributed by atoms with Crippen molar-refractivity contribution < 1.29 is 4.79 Å². The number of carbonyl (C=O) groups excluding carboxylic acids is 1. The van der Waals surface area contributed by atoms with Crippen molar-refractivity contribution in [3.63, 3.8) is 0 Å². The topological polar surface area (TPSA) is 17.1 Å². The Morgan fingerprint density at radius 1 is 0.733 bits per heavy atom. The summed E-state index contributed by atoms with van der Waals surface area (Å²) in [6.07, 6.45) is 10.2. The molecular formula is C28H40OSn. The van der Waals surface area contributed by atoms with Crippen molar-refractivity contribution in [2.24, 2.45) is 0 Å².